The van der Waals surface area contributed by atoms with Gasteiger partial charge >= 0.3 is 6.03 Å². The third kappa shape index (κ3) is 5.69. The van der Waals surface area contributed by atoms with E-state index < -0.39 is 0 Å². The number of hydrogen-bond acceptors (Lipinski definition) is 1. The fourth-order valence-electron chi connectivity index (χ4n) is 2.22. The van der Waals surface area contributed by atoms with Crippen molar-refractivity contribution in [2.75, 3.05) is 13.1 Å². The van der Waals surface area contributed by atoms with Crippen LogP contribution in [0.15, 0.2) is 54.6 Å². The molecular formula is C18H22N2O. The van der Waals surface area contributed by atoms with Gasteiger partial charge in [0.25, 0.3) is 0 Å². The van der Waals surface area contributed by atoms with Crippen molar-refractivity contribution in [1.29, 1.82) is 0 Å². The standard InChI is InChI=1S/C18H22N2O/c1-15-6-5-9-17(14-15)11-13-20-18(21)19-12-10-16-7-3-2-4-8-16/h2-9,14H,10-13H2,1H3,(H2,19,20,21). The summed E-state index contributed by atoms with van der Waals surface area (Å²) in [5.41, 5.74) is 3.73. The van der Waals surface area contributed by atoms with Crippen LogP contribution < -0.4 is 10.6 Å². The van der Waals surface area contributed by atoms with Crippen molar-refractivity contribution in [3.05, 3.63) is 71.3 Å². The topological polar surface area (TPSA) is 41.1 Å². The predicted molar refractivity (Wildman–Crippen MR) is 86.4 cm³/mol. The molecule has 0 bridgehead atoms. The lowest BCUT2D eigenvalue weighted by Crippen LogP contribution is -2.37. The lowest BCUT2D eigenvalue weighted by Gasteiger charge is -2.08. The minimum absolute atomic E-state index is 0.0985. The molecule has 2 rings (SSSR count). The average molecular weight is 282 g/mol. The Balaban J connectivity index is 1.61. The molecule has 2 aromatic carbocycles. The third-order valence-corrected chi connectivity index (χ3v) is 3.32. The fourth-order valence-corrected chi connectivity index (χ4v) is 2.22. The average Bonchev–Trinajstić information content (AvgIpc) is 2.48. The summed E-state index contributed by atoms with van der Waals surface area (Å²) in [6.45, 7) is 3.38. The van der Waals surface area contributed by atoms with Crippen molar-refractivity contribution in [2.24, 2.45) is 0 Å². The normalized spacial score (nSPS) is 10.1. The van der Waals surface area contributed by atoms with Crippen LogP contribution in [0.4, 0.5) is 4.79 Å². The molecule has 2 N–H and O–H groups in total. The van der Waals surface area contributed by atoms with Crippen molar-refractivity contribution in [1.82, 2.24) is 10.6 Å². The van der Waals surface area contributed by atoms with Crippen molar-refractivity contribution in [3.63, 3.8) is 0 Å². The molecule has 2 aromatic rings. The van der Waals surface area contributed by atoms with E-state index in [1.54, 1.807) is 0 Å². The molecule has 0 aromatic heterocycles. The molecule has 0 fully saturated rings. The lowest BCUT2D eigenvalue weighted by atomic mass is 10.1. The first kappa shape index (κ1) is 15.1. The molecule has 0 saturated heterocycles. The zero-order valence-corrected chi connectivity index (χ0v) is 12.4. The molecule has 0 heterocycles. The summed E-state index contributed by atoms with van der Waals surface area (Å²) in [6.07, 6.45) is 1.71. The summed E-state index contributed by atoms with van der Waals surface area (Å²) in [5, 5.41) is 5.77. The van der Waals surface area contributed by atoms with Crippen LogP contribution in [0.3, 0.4) is 0 Å². The molecule has 0 unspecified atom stereocenters. The van der Waals surface area contributed by atoms with E-state index in [1.807, 2.05) is 24.3 Å². The van der Waals surface area contributed by atoms with Crippen LogP contribution in [0.1, 0.15) is 16.7 Å². The summed E-state index contributed by atoms with van der Waals surface area (Å²) in [6, 6.07) is 18.4. The second-order valence-electron chi connectivity index (χ2n) is 5.16. The highest BCUT2D eigenvalue weighted by Crippen LogP contribution is 2.03. The smallest absolute Gasteiger partial charge is 0.314 e. The van der Waals surface area contributed by atoms with E-state index in [2.05, 4.69) is 47.9 Å². The Kier molecular flexibility index (Phi) is 5.83. The SMILES string of the molecule is Cc1cccc(CCNC(=O)NCCc2ccccc2)c1. The maximum Gasteiger partial charge on any atom is 0.314 e. The Morgan fingerprint density at radius 2 is 1.48 bits per heavy atom. The van der Waals surface area contributed by atoms with Crippen LogP contribution in [0, 0.1) is 6.92 Å². The van der Waals surface area contributed by atoms with E-state index in [1.165, 1.54) is 16.7 Å². The van der Waals surface area contributed by atoms with Gasteiger partial charge in [-0.15, -0.1) is 0 Å². The highest BCUT2D eigenvalue weighted by molar-refractivity contribution is 5.73. The van der Waals surface area contributed by atoms with Gasteiger partial charge in [-0.2, -0.15) is 0 Å². The van der Waals surface area contributed by atoms with Gasteiger partial charge in [0.05, 0.1) is 0 Å². The lowest BCUT2D eigenvalue weighted by molar-refractivity contribution is 0.241. The van der Waals surface area contributed by atoms with Gasteiger partial charge in [0.2, 0.25) is 0 Å². The molecule has 0 spiro atoms. The molecule has 21 heavy (non-hydrogen) atoms. The summed E-state index contributed by atoms with van der Waals surface area (Å²) in [5.74, 6) is 0. The third-order valence-electron chi connectivity index (χ3n) is 3.32. The highest BCUT2D eigenvalue weighted by Gasteiger charge is 2.00. The van der Waals surface area contributed by atoms with E-state index in [4.69, 9.17) is 0 Å². The van der Waals surface area contributed by atoms with Gasteiger partial charge in [-0.05, 0) is 30.9 Å². The molecular weight excluding hydrogens is 260 g/mol. The summed E-state index contributed by atoms with van der Waals surface area (Å²) in [7, 11) is 0. The van der Waals surface area contributed by atoms with Gasteiger partial charge in [-0.25, -0.2) is 4.79 Å². The van der Waals surface area contributed by atoms with Gasteiger partial charge < -0.3 is 10.6 Å². The van der Waals surface area contributed by atoms with E-state index >= 15 is 0 Å². The quantitative estimate of drug-likeness (QED) is 0.840. The minimum atomic E-state index is -0.0985. The van der Waals surface area contributed by atoms with E-state index in [-0.39, 0.29) is 6.03 Å². The number of urea groups is 1. The van der Waals surface area contributed by atoms with Crippen LogP contribution in [-0.2, 0) is 12.8 Å². The summed E-state index contributed by atoms with van der Waals surface area (Å²) >= 11 is 0. The Morgan fingerprint density at radius 3 is 2.14 bits per heavy atom. The Morgan fingerprint density at radius 1 is 0.857 bits per heavy atom. The van der Waals surface area contributed by atoms with E-state index in [9.17, 15) is 4.79 Å². The number of benzene rings is 2. The molecule has 3 nitrogen and oxygen atoms in total. The van der Waals surface area contributed by atoms with Gasteiger partial charge in [-0.3, -0.25) is 0 Å². The van der Waals surface area contributed by atoms with Crippen molar-refractivity contribution >= 4 is 6.03 Å². The Hall–Kier alpha value is -2.29. The van der Waals surface area contributed by atoms with Crippen LogP contribution in [0.25, 0.3) is 0 Å². The monoisotopic (exact) mass is 282 g/mol. The van der Waals surface area contributed by atoms with Crippen molar-refractivity contribution < 1.29 is 4.79 Å². The second-order valence-corrected chi connectivity index (χ2v) is 5.16. The van der Waals surface area contributed by atoms with Crippen LogP contribution in [-0.4, -0.2) is 19.1 Å². The van der Waals surface area contributed by atoms with Crippen LogP contribution in [0.5, 0.6) is 0 Å². The number of hydrogen-bond donors (Lipinski definition) is 2. The largest absolute Gasteiger partial charge is 0.338 e. The fraction of sp³-hybridized carbons (Fsp3) is 0.278. The first-order chi connectivity index (χ1) is 10.2. The first-order valence-electron chi connectivity index (χ1n) is 7.35. The highest BCUT2D eigenvalue weighted by atomic mass is 16.2. The number of carbonyl (C=O) groups is 1. The molecule has 0 radical (unpaired) electrons. The zero-order valence-electron chi connectivity index (χ0n) is 12.4. The number of rotatable bonds is 6. The van der Waals surface area contributed by atoms with Crippen LogP contribution >= 0.6 is 0 Å². The molecule has 0 atom stereocenters. The predicted octanol–water partition coefficient (Wildman–Crippen LogP) is 3.08. The second kappa shape index (κ2) is 8.10. The molecule has 0 aliphatic carbocycles. The number of amides is 2. The Labute approximate surface area is 126 Å². The van der Waals surface area contributed by atoms with Crippen LogP contribution in [0.2, 0.25) is 0 Å². The molecule has 0 aliphatic heterocycles. The van der Waals surface area contributed by atoms with Gasteiger partial charge in [-0.1, -0.05) is 60.2 Å². The molecule has 2 amide bonds. The van der Waals surface area contributed by atoms with E-state index in [0.29, 0.717) is 13.1 Å². The Bertz CT molecular complexity index is 566. The van der Waals surface area contributed by atoms with E-state index in [0.717, 1.165) is 12.8 Å². The number of nitrogens with one attached hydrogen (secondary N) is 2. The minimum Gasteiger partial charge on any atom is -0.338 e. The number of carbonyl (C=O) groups excluding carboxylic acids is 1. The molecule has 110 valence electrons. The number of aryl methyl sites for hydroxylation is 1. The summed E-state index contributed by atoms with van der Waals surface area (Å²) in [4.78, 5) is 11.7. The van der Waals surface area contributed by atoms with Gasteiger partial charge in [0.15, 0.2) is 0 Å². The van der Waals surface area contributed by atoms with Gasteiger partial charge in [0, 0.05) is 13.1 Å². The molecule has 0 saturated carbocycles. The molecule has 0 aliphatic rings. The van der Waals surface area contributed by atoms with Gasteiger partial charge in [0.1, 0.15) is 0 Å². The maximum absolute atomic E-state index is 11.7. The summed E-state index contributed by atoms with van der Waals surface area (Å²) < 4.78 is 0. The van der Waals surface area contributed by atoms with Crippen molar-refractivity contribution in [3.8, 4) is 0 Å². The zero-order chi connectivity index (χ0) is 14.9. The first-order valence-corrected chi connectivity index (χ1v) is 7.35. The maximum atomic E-state index is 11.7. The van der Waals surface area contributed by atoms with Crippen molar-refractivity contribution in [2.45, 2.75) is 19.8 Å². The molecule has 3 heteroatoms.